The molecule has 1 aliphatic carbocycles. The number of rotatable bonds is 6. The third-order valence-corrected chi connectivity index (χ3v) is 6.85. The smallest absolute Gasteiger partial charge is 0.158 e. The normalized spacial score (nSPS) is 18.2. The summed E-state index contributed by atoms with van der Waals surface area (Å²) >= 11 is 0. The van der Waals surface area contributed by atoms with E-state index >= 15 is 0 Å². The number of benzene rings is 1. The molecule has 9 heteroatoms. The average molecular weight is 469 g/mol. The van der Waals surface area contributed by atoms with Crippen molar-refractivity contribution < 1.29 is 4.74 Å². The van der Waals surface area contributed by atoms with Gasteiger partial charge in [0.25, 0.3) is 0 Å². The molecule has 1 fully saturated rings. The summed E-state index contributed by atoms with van der Waals surface area (Å²) in [5, 5.41) is 12.0. The van der Waals surface area contributed by atoms with Gasteiger partial charge in [0.05, 0.1) is 0 Å². The van der Waals surface area contributed by atoms with E-state index in [1.807, 2.05) is 48.1 Å². The van der Waals surface area contributed by atoms with Crippen molar-refractivity contribution in [3.63, 3.8) is 0 Å². The first-order valence-corrected chi connectivity index (χ1v) is 12.0. The maximum Gasteiger partial charge on any atom is 0.158 e. The van der Waals surface area contributed by atoms with E-state index in [1.165, 1.54) is 24.7 Å². The molecule has 4 heterocycles. The van der Waals surface area contributed by atoms with Crippen LogP contribution in [0.3, 0.4) is 0 Å². The number of hydrogen-bond acceptors (Lipinski definition) is 7. The molecule has 0 unspecified atom stereocenters. The first-order valence-electron chi connectivity index (χ1n) is 12.0. The highest BCUT2D eigenvalue weighted by Gasteiger charge is 2.21. The summed E-state index contributed by atoms with van der Waals surface area (Å²) in [5.74, 6) is 2.96. The van der Waals surface area contributed by atoms with Gasteiger partial charge in [-0.1, -0.05) is 0 Å². The maximum absolute atomic E-state index is 6.11. The Morgan fingerprint density at radius 1 is 0.971 bits per heavy atom. The largest absolute Gasteiger partial charge is 0.457 e. The number of aryl methyl sites for hydroxylation is 1. The molecular weight excluding hydrogens is 440 g/mol. The Hall–Kier alpha value is -3.98. The summed E-state index contributed by atoms with van der Waals surface area (Å²) in [4.78, 5) is 8.79. The van der Waals surface area contributed by atoms with E-state index in [9.17, 15) is 0 Å². The predicted octanol–water partition coefficient (Wildman–Crippen LogP) is 4.68. The van der Waals surface area contributed by atoms with Gasteiger partial charge in [0, 0.05) is 30.2 Å². The van der Waals surface area contributed by atoms with Gasteiger partial charge in [-0.2, -0.15) is 10.2 Å². The fraction of sp³-hybridized carbons (Fsp3) is 0.308. The molecule has 178 valence electrons. The van der Waals surface area contributed by atoms with Crippen molar-refractivity contribution in [1.82, 2.24) is 29.2 Å². The number of pyridine rings is 1. The number of nitrogens with zero attached hydrogens (tertiary/aromatic N) is 6. The second-order valence-corrected chi connectivity index (χ2v) is 9.36. The number of fused-ring (bicyclic) bond motifs is 2. The van der Waals surface area contributed by atoms with E-state index in [4.69, 9.17) is 10.5 Å². The van der Waals surface area contributed by atoms with Crippen LogP contribution >= 0.6 is 0 Å². The van der Waals surface area contributed by atoms with Crippen LogP contribution in [0, 0.1) is 12.8 Å². The highest BCUT2D eigenvalue weighted by atomic mass is 16.5. The first kappa shape index (κ1) is 21.5. The molecule has 5 aromatic rings. The van der Waals surface area contributed by atoms with E-state index in [1.54, 1.807) is 10.8 Å². The van der Waals surface area contributed by atoms with Gasteiger partial charge in [-0.25, -0.2) is 19.0 Å². The Labute approximate surface area is 203 Å². The average Bonchev–Trinajstić information content (AvgIpc) is 3.50. The van der Waals surface area contributed by atoms with Crippen LogP contribution in [0.25, 0.3) is 11.2 Å². The molecule has 1 aromatic carbocycles. The van der Waals surface area contributed by atoms with E-state index in [2.05, 4.69) is 37.6 Å². The van der Waals surface area contributed by atoms with Gasteiger partial charge in [-0.05, 0) is 86.4 Å². The van der Waals surface area contributed by atoms with Gasteiger partial charge in [0.15, 0.2) is 11.5 Å². The van der Waals surface area contributed by atoms with Crippen molar-refractivity contribution in [1.29, 1.82) is 0 Å². The van der Waals surface area contributed by atoms with Crippen LogP contribution in [0.4, 0.5) is 11.5 Å². The van der Waals surface area contributed by atoms with Crippen LogP contribution in [0.5, 0.6) is 11.5 Å². The number of aromatic nitrogens is 6. The Morgan fingerprint density at radius 3 is 2.63 bits per heavy atom. The zero-order chi connectivity index (χ0) is 23.8. The van der Waals surface area contributed by atoms with Crippen LogP contribution in [-0.4, -0.2) is 35.2 Å². The van der Waals surface area contributed by atoms with Crippen molar-refractivity contribution in [3.8, 4) is 11.5 Å². The van der Waals surface area contributed by atoms with E-state index in [-0.39, 0.29) is 0 Å². The number of hydrogen-bond donors (Lipinski definition) is 2. The molecule has 0 saturated heterocycles. The molecule has 0 amide bonds. The molecule has 1 saturated carbocycles. The Balaban J connectivity index is 1.22. The van der Waals surface area contributed by atoms with Crippen molar-refractivity contribution in [2.45, 2.75) is 45.1 Å². The molecule has 0 aliphatic heterocycles. The molecule has 4 aromatic heterocycles. The second kappa shape index (κ2) is 8.99. The minimum Gasteiger partial charge on any atom is -0.457 e. The van der Waals surface area contributed by atoms with Gasteiger partial charge < -0.3 is 15.8 Å². The van der Waals surface area contributed by atoms with E-state index in [0.717, 1.165) is 53.2 Å². The summed E-state index contributed by atoms with van der Waals surface area (Å²) in [7, 11) is 0. The number of nitrogens with two attached hydrogens (primary N) is 1. The fourth-order valence-electron chi connectivity index (χ4n) is 4.94. The summed E-state index contributed by atoms with van der Waals surface area (Å²) in [6.07, 6.45) is 12.6. The van der Waals surface area contributed by atoms with Crippen molar-refractivity contribution in [2.24, 2.45) is 11.7 Å². The van der Waals surface area contributed by atoms with Crippen LogP contribution in [0.1, 0.15) is 36.8 Å². The lowest BCUT2D eigenvalue weighted by atomic mass is 9.83. The first-order chi connectivity index (χ1) is 17.1. The zero-order valence-corrected chi connectivity index (χ0v) is 19.6. The minimum atomic E-state index is 0.360. The Kier molecular flexibility index (Phi) is 5.54. The van der Waals surface area contributed by atoms with Crippen LogP contribution in [0.2, 0.25) is 0 Å². The molecule has 0 atom stereocenters. The van der Waals surface area contributed by atoms with Gasteiger partial charge in [-0.3, -0.25) is 0 Å². The predicted molar refractivity (Wildman–Crippen MR) is 134 cm³/mol. The molecule has 0 bridgehead atoms. The van der Waals surface area contributed by atoms with Crippen molar-refractivity contribution >= 4 is 22.7 Å². The van der Waals surface area contributed by atoms with E-state index in [0.29, 0.717) is 17.7 Å². The fourth-order valence-corrected chi connectivity index (χ4v) is 4.94. The molecule has 6 rings (SSSR count). The lowest BCUT2D eigenvalue weighted by molar-refractivity contribution is 0.325. The minimum absolute atomic E-state index is 0.360. The molecule has 35 heavy (non-hydrogen) atoms. The summed E-state index contributed by atoms with van der Waals surface area (Å²) < 4.78 is 9.72. The number of anilines is 2. The monoisotopic (exact) mass is 468 g/mol. The van der Waals surface area contributed by atoms with E-state index < -0.39 is 0 Å². The van der Waals surface area contributed by atoms with Gasteiger partial charge in [-0.15, -0.1) is 0 Å². The maximum atomic E-state index is 6.11. The lowest BCUT2D eigenvalue weighted by Crippen LogP contribution is -2.27. The highest BCUT2D eigenvalue weighted by Crippen LogP contribution is 2.32. The third kappa shape index (κ3) is 4.42. The SMILES string of the molecule is Cc1cc(Nc2ncnn3ccc(CC4CCC(N)CC4)c23)ccc1Oc1ccn2ncnc2c1. The topological polar surface area (TPSA) is 108 Å². The summed E-state index contributed by atoms with van der Waals surface area (Å²) in [5.41, 5.74) is 11.1. The highest BCUT2D eigenvalue weighted by molar-refractivity contribution is 5.77. The lowest BCUT2D eigenvalue weighted by Gasteiger charge is -2.25. The Bertz CT molecular complexity index is 1480. The molecular formula is C26H28N8O. The quantitative estimate of drug-likeness (QED) is 0.373. The molecule has 9 nitrogen and oxygen atoms in total. The zero-order valence-electron chi connectivity index (χ0n) is 19.6. The Morgan fingerprint density at radius 2 is 1.77 bits per heavy atom. The molecule has 0 radical (unpaired) electrons. The molecule has 0 spiro atoms. The number of ether oxygens (including phenoxy) is 1. The van der Waals surface area contributed by atoms with Crippen molar-refractivity contribution in [3.05, 3.63) is 72.6 Å². The third-order valence-electron chi connectivity index (χ3n) is 6.85. The van der Waals surface area contributed by atoms with Gasteiger partial charge in [0.1, 0.15) is 29.7 Å². The van der Waals surface area contributed by atoms with Gasteiger partial charge >= 0.3 is 0 Å². The second-order valence-electron chi connectivity index (χ2n) is 9.36. The standard InChI is InChI=1S/C26H28N8O/c1-17-12-21(6-7-23(17)35-22-9-11-33-24(14-22)28-15-30-33)32-26-25-19(8-10-34(25)31-16-29-26)13-18-2-4-20(27)5-3-18/h6-12,14-16,18,20H,2-5,13,27H2,1H3,(H,29,31,32). The van der Waals surface area contributed by atoms with Crippen LogP contribution < -0.4 is 15.8 Å². The summed E-state index contributed by atoms with van der Waals surface area (Å²) in [6.45, 7) is 2.03. The van der Waals surface area contributed by atoms with Crippen LogP contribution in [-0.2, 0) is 6.42 Å². The molecule has 3 N–H and O–H groups in total. The van der Waals surface area contributed by atoms with Gasteiger partial charge in [0.2, 0.25) is 0 Å². The van der Waals surface area contributed by atoms with Crippen LogP contribution in [0.15, 0.2) is 61.4 Å². The van der Waals surface area contributed by atoms with Crippen molar-refractivity contribution in [2.75, 3.05) is 5.32 Å². The molecule has 1 aliphatic rings. The summed E-state index contributed by atoms with van der Waals surface area (Å²) in [6, 6.07) is 12.3. The number of nitrogens with one attached hydrogen (secondary N) is 1.